The molecule has 1 unspecified atom stereocenters. The highest BCUT2D eigenvalue weighted by atomic mass is 15.8. The molecule has 3 aliphatic rings. The molecule has 5 rings (SSSR count). The molecule has 104 valence electrons. The first-order valence-corrected chi connectivity index (χ1v) is 7.61. The number of nitrogens with zero attached hydrogens (tertiary/aromatic N) is 3. The number of hydrogen-bond donors (Lipinski definition) is 0. The largest absolute Gasteiger partial charge is 0.223 e. The molecule has 0 aromatic heterocycles. The highest BCUT2D eigenvalue weighted by Gasteiger charge is 2.47. The third kappa shape index (κ3) is 1.30. The summed E-state index contributed by atoms with van der Waals surface area (Å²) < 4.78 is 0. The van der Waals surface area contributed by atoms with Crippen molar-refractivity contribution in [2.75, 3.05) is 0 Å². The molecule has 1 aliphatic carbocycles. The molecule has 0 spiro atoms. The van der Waals surface area contributed by atoms with Gasteiger partial charge in [0.15, 0.2) is 0 Å². The van der Waals surface area contributed by atoms with E-state index in [0.717, 1.165) is 6.54 Å². The van der Waals surface area contributed by atoms with Gasteiger partial charge in [-0.1, -0.05) is 42.5 Å². The average molecular weight is 275 g/mol. The van der Waals surface area contributed by atoms with E-state index in [2.05, 4.69) is 66.4 Å². The Bertz CT molecular complexity index is 791. The summed E-state index contributed by atoms with van der Waals surface area (Å²) in [5.41, 5.74) is 8.15. The van der Waals surface area contributed by atoms with Crippen molar-refractivity contribution in [3.63, 3.8) is 0 Å². The molecule has 1 atom stereocenters. The molecule has 3 nitrogen and oxygen atoms in total. The van der Waals surface area contributed by atoms with Gasteiger partial charge in [-0.3, -0.25) is 0 Å². The molecule has 2 heterocycles. The van der Waals surface area contributed by atoms with Gasteiger partial charge >= 0.3 is 0 Å². The van der Waals surface area contributed by atoms with E-state index in [1.165, 1.54) is 33.5 Å². The molecule has 2 aromatic carbocycles. The van der Waals surface area contributed by atoms with Gasteiger partial charge in [-0.25, -0.2) is 5.12 Å². The van der Waals surface area contributed by atoms with E-state index in [1.807, 2.05) is 0 Å². The molecule has 0 N–H and O–H groups in total. The maximum atomic E-state index is 4.95. The molecule has 0 saturated carbocycles. The van der Waals surface area contributed by atoms with Crippen molar-refractivity contribution in [2.24, 2.45) is 5.10 Å². The first-order valence-electron chi connectivity index (χ1n) is 7.61. The van der Waals surface area contributed by atoms with Crippen molar-refractivity contribution in [1.29, 1.82) is 0 Å². The fourth-order valence-electron chi connectivity index (χ4n) is 3.97. The smallest absolute Gasteiger partial charge is 0.102 e. The van der Waals surface area contributed by atoms with Gasteiger partial charge in [-0.05, 0) is 36.1 Å². The quantitative estimate of drug-likeness (QED) is 0.792. The zero-order valence-corrected chi connectivity index (χ0v) is 12.2. The number of fused-ring (bicyclic) bond motifs is 3. The summed E-state index contributed by atoms with van der Waals surface area (Å²) in [6, 6.07) is 16.1. The van der Waals surface area contributed by atoms with Crippen molar-refractivity contribution in [2.45, 2.75) is 32.5 Å². The molecule has 2 aliphatic heterocycles. The van der Waals surface area contributed by atoms with Crippen LogP contribution in [-0.2, 0) is 6.54 Å². The van der Waals surface area contributed by atoms with Crippen molar-refractivity contribution in [1.82, 2.24) is 10.1 Å². The Kier molecular flexibility index (Phi) is 2.05. The summed E-state index contributed by atoms with van der Waals surface area (Å²) >= 11 is 0. The van der Waals surface area contributed by atoms with E-state index >= 15 is 0 Å². The van der Waals surface area contributed by atoms with Gasteiger partial charge in [0.2, 0.25) is 0 Å². The fourth-order valence-corrected chi connectivity index (χ4v) is 3.97. The summed E-state index contributed by atoms with van der Waals surface area (Å²) in [6.45, 7) is 5.38. The van der Waals surface area contributed by atoms with Crippen LogP contribution in [0.5, 0.6) is 0 Å². The molecule has 21 heavy (non-hydrogen) atoms. The molecular formula is C18H17N3. The van der Waals surface area contributed by atoms with Gasteiger partial charge in [0, 0.05) is 12.1 Å². The highest BCUT2D eigenvalue weighted by Crippen LogP contribution is 2.50. The lowest BCUT2D eigenvalue weighted by Crippen LogP contribution is -2.38. The molecule has 0 bridgehead atoms. The van der Waals surface area contributed by atoms with Crippen LogP contribution in [0, 0.1) is 0 Å². The van der Waals surface area contributed by atoms with Crippen LogP contribution in [0.2, 0.25) is 0 Å². The summed E-state index contributed by atoms with van der Waals surface area (Å²) in [6.07, 6.45) is 0. The predicted molar refractivity (Wildman–Crippen MR) is 83.7 cm³/mol. The number of hydrazine groups is 1. The Morgan fingerprint density at radius 3 is 2.57 bits per heavy atom. The van der Waals surface area contributed by atoms with Crippen LogP contribution in [0.3, 0.4) is 0 Å². The highest BCUT2D eigenvalue weighted by molar-refractivity contribution is 6.14. The van der Waals surface area contributed by atoms with E-state index in [0.29, 0.717) is 12.1 Å². The molecule has 2 aromatic rings. The Labute approximate surface area is 124 Å². The minimum atomic E-state index is 0.313. The second-order valence-electron chi connectivity index (χ2n) is 6.32. The minimum Gasteiger partial charge on any atom is -0.223 e. The average Bonchev–Trinajstić information content (AvgIpc) is 3.04. The second-order valence-corrected chi connectivity index (χ2v) is 6.32. The lowest BCUT2D eigenvalue weighted by Gasteiger charge is -2.30. The van der Waals surface area contributed by atoms with Gasteiger partial charge in [0.1, 0.15) is 6.04 Å². The summed E-state index contributed by atoms with van der Waals surface area (Å²) in [7, 11) is 0. The van der Waals surface area contributed by atoms with Crippen molar-refractivity contribution in [3.05, 3.63) is 59.2 Å². The third-order valence-electron chi connectivity index (χ3n) is 4.79. The Hall–Kier alpha value is -2.13. The Balaban J connectivity index is 1.86. The zero-order chi connectivity index (χ0) is 14.1. The summed E-state index contributed by atoms with van der Waals surface area (Å²) in [4.78, 5) is 0. The molecule has 0 radical (unpaired) electrons. The van der Waals surface area contributed by atoms with Crippen LogP contribution in [0.15, 0.2) is 47.6 Å². The molecular weight excluding hydrogens is 258 g/mol. The number of hydrazone groups is 1. The maximum Gasteiger partial charge on any atom is 0.102 e. The van der Waals surface area contributed by atoms with Crippen molar-refractivity contribution < 1.29 is 0 Å². The zero-order valence-electron chi connectivity index (χ0n) is 12.2. The second kappa shape index (κ2) is 3.74. The van der Waals surface area contributed by atoms with Crippen LogP contribution < -0.4 is 0 Å². The summed E-state index contributed by atoms with van der Waals surface area (Å²) in [5.74, 6) is 0. The lowest BCUT2D eigenvalue weighted by atomic mass is 9.81. The molecule has 0 fully saturated rings. The number of rotatable bonds is 1. The van der Waals surface area contributed by atoms with Gasteiger partial charge < -0.3 is 0 Å². The molecule has 3 heteroatoms. The maximum absolute atomic E-state index is 4.95. The van der Waals surface area contributed by atoms with E-state index in [-0.39, 0.29) is 0 Å². The van der Waals surface area contributed by atoms with Gasteiger partial charge in [0.05, 0.1) is 11.8 Å². The molecule has 0 saturated heterocycles. The SMILES string of the molecule is CC(C)N1N=C2c3ccccc3-c3cccc4c3C2N1C4. The lowest BCUT2D eigenvalue weighted by molar-refractivity contribution is -0.0432. The van der Waals surface area contributed by atoms with Gasteiger partial charge in [0.25, 0.3) is 0 Å². The number of benzene rings is 2. The third-order valence-corrected chi connectivity index (χ3v) is 4.79. The van der Waals surface area contributed by atoms with Crippen LogP contribution in [0.1, 0.15) is 36.6 Å². The number of hydrogen-bond acceptors (Lipinski definition) is 3. The van der Waals surface area contributed by atoms with Crippen LogP contribution in [-0.4, -0.2) is 21.9 Å². The normalized spacial score (nSPS) is 21.6. The standard InChI is InChI=1S/C18H17N3/c1-11(2)21-19-17-15-8-4-3-7-13(15)14-9-5-6-12-10-20(21)18(17)16(12)14/h3-9,11,18H,10H2,1-2H3. The van der Waals surface area contributed by atoms with Gasteiger partial charge in [-0.15, -0.1) is 0 Å². The van der Waals surface area contributed by atoms with Crippen LogP contribution in [0.25, 0.3) is 11.1 Å². The Morgan fingerprint density at radius 1 is 1.00 bits per heavy atom. The van der Waals surface area contributed by atoms with Crippen molar-refractivity contribution in [3.8, 4) is 11.1 Å². The summed E-state index contributed by atoms with van der Waals surface area (Å²) in [5, 5.41) is 9.54. The van der Waals surface area contributed by atoms with Crippen molar-refractivity contribution >= 4 is 5.71 Å². The topological polar surface area (TPSA) is 18.8 Å². The van der Waals surface area contributed by atoms with Crippen LogP contribution >= 0.6 is 0 Å². The molecule has 0 amide bonds. The Morgan fingerprint density at radius 2 is 1.76 bits per heavy atom. The van der Waals surface area contributed by atoms with Crippen LogP contribution in [0.4, 0.5) is 0 Å². The van der Waals surface area contributed by atoms with E-state index < -0.39 is 0 Å². The van der Waals surface area contributed by atoms with E-state index in [4.69, 9.17) is 5.10 Å². The predicted octanol–water partition coefficient (Wildman–Crippen LogP) is 3.57. The van der Waals surface area contributed by atoms with Gasteiger partial charge in [-0.2, -0.15) is 10.1 Å². The fraction of sp³-hybridized carbons (Fsp3) is 0.278. The van der Waals surface area contributed by atoms with E-state index in [9.17, 15) is 0 Å². The minimum absolute atomic E-state index is 0.313. The first kappa shape index (κ1) is 11.5. The van der Waals surface area contributed by atoms with E-state index in [1.54, 1.807) is 0 Å². The first-order chi connectivity index (χ1) is 10.3. The monoisotopic (exact) mass is 275 g/mol.